The topological polar surface area (TPSA) is 67.8 Å². The van der Waals surface area contributed by atoms with Gasteiger partial charge in [0.25, 0.3) is 0 Å². The van der Waals surface area contributed by atoms with Crippen LogP contribution in [0.4, 0.5) is 17.1 Å². The van der Waals surface area contributed by atoms with Gasteiger partial charge in [-0.2, -0.15) is 0 Å². The van der Waals surface area contributed by atoms with Crippen molar-refractivity contribution in [1.29, 1.82) is 0 Å². The molecule has 0 radical (unpaired) electrons. The summed E-state index contributed by atoms with van der Waals surface area (Å²) in [7, 11) is 0. The number of nitrogens with two attached hydrogens (primary N) is 2. The molecule has 0 spiro atoms. The van der Waals surface area contributed by atoms with Crippen molar-refractivity contribution >= 4 is 17.1 Å². The third-order valence-corrected chi connectivity index (χ3v) is 4.16. The van der Waals surface area contributed by atoms with E-state index >= 15 is 0 Å². The maximum Gasteiger partial charge on any atom is 0.0594 e. The second-order valence-electron chi connectivity index (χ2n) is 5.35. The van der Waals surface area contributed by atoms with E-state index in [2.05, 4.69) is 15.9 Å². The van der Waals surface area contributed by atoms with Gasteiger partial charge in [-0.3, -0.25) is 4.90 Å². The van der Waals surface area contributed by atoms with Crippen molar-refractivity contribution in [2.45, 2.75) is 12.5 Å². The Morgan fingerprint density at radius 3 is 2.58 bits per heavy atom. The normalized spacial score (nSPS) is 24.8. The quantitative estimate of drug-likeness (QED) is 0.770. The van der Waals surface area contributed by atoms with E-state index < -0.39 is 0 Å². The Kier molecular flexibility index (Phi) is 3.48. The highest BCUT2D eigenvalue weighted by atomic mass is 16.5. The molecule has 0 saturated carbocycles. The number of hydrogen-bond donors (Lipinski definition) is 2. The number of hydrogen-bond acceptors (Lipinski definition) is 5. The third-order valence-electron chi connectivity index (χ3n) is 4.16. The molecular weight excluding hydrogens is 240 g/mol. The highest BCUT2D eigenvalue weighted by Crippen LogP contribution is 2.27. The zero-order valence-corrected chi connectivity index (χ0v) is 11.2. The molecule has 104 valence electrons. The van der Waals surface area contributed by atoms with Gasteiger partial charge in [0, 0.05) is 37.9 Å². The summed E-state index contributed by atoms with van der Waals surface area (Å²) in [6, 6.07) is 6.58. The summed E-state index contributed by atoms with van der Waals surface area (Å²) in [6.45, 7) is 6.01. The highest BCUT2D eigenvalue weighted by molar-refractivity contribution is 5.70. The highest BCUT2D eigenvalue weighted by Gasteiger charge is 2.28. The Morgan fingerprint density at radius 1 is 1.05 bits per heavy atom. The predicted molar refractivity (Wildman–Crippen MR) is 78.3 cm³/mol. The monoisotopic (exact) mass is 262 g/mol. The largest absolute Gasteiger partial charge is 0.397 e. The molecule has 19 heavy (non-hydrogen) atoms. The van der Waals surface area contributed by atoms with Crippen LogP contribution in [0.3, 0.4) is 0 Å². The minimum absolute atomic E-state index is 0.641. The molecule has 2 saturated heterocycles. The molecule has 2 aliphatic heterocycles. The first-order valence-electron chi connectivity index (χ1n) is 6.96. The first-order valence-corrected chi connectivity index (χ1v) is 6.96. The SMILES string of the molecule is Nc1ccc(N2CCC(N3CCOCC3)C2)cc1N. The molecule has 4 N–H and O–H groups in total. The van der Waals surface area contributed by atoms with Crippen molar-refractivity contribution in [2.24, 2.45) is 0 Å². The molecule has 2 fully saturated rings. The van der Waals surface area contributed by atoms with E-state index in [1.807, 2.05) is 12.1 Å². The van der Waals surface area contributed by atoms with Crippen LogP contribution in [-0.2, 0) is 4.74 Å². The molecule has 2 heterocycles. The standard InChI is InChI=1S/C14H22N4O/c15-13-2-1-11(9-14(13)16)18-4-3-12(10-18)17-5-7-19-8-6-17/h1-2,9,12H,3-8,10,15-16H2. The molecule has 1 aromatic rings. The Morgan fingerprint density at radius 2 is 1.84 bits per heavy atom. The zero-order valence-electron chi connectivity index (χ0n) is 11.2. The van der Waals surface area contributed by atoms with E-state index in [-0.39, 0.29) is 0 Å². The van der Waals surface area contributed by atoms with Crippen LogP contribution in [0.1, 0.15) is 6.42 Å². The lowest BCUT2D eigenvalue weighted by molar-refractivity contribution is 0.0209. The summed E-state index contributed by atoms with van der Waals surface area (Å²) in [6.07, 6.45) is 1.21. The van der Waals surface area contributed by atoms with Gasteiger partial charge in [-0.05, 0) is 24.6 Å². The van der Waals surface area contributed by atoms with Gasteiger partial charge >= 0.3 is 0 Å². The molecule has 0 amide bonds. The van der Waals surface area contributed by atoms with Crippen molar-refractivity contribution in [2.75, 3.05) is 55.8 Å². The number of ether oxygens (including phenoxy) is 1. The fourth-order valence-electron chi connectivity index (χ4n) is 2.98. The molecule has 0 bridgehead atoms. The van der Waals surface area contributed by atoms with E-state index in [0.717, 1.165) is 39.4 Å². The van der Waals surface area contributed by atoms with Gasteiger partial charge < -0.3 is 21.1 Å². The van der Waals surface area contributed by atoms with Crippen LogP contribution in [0.15, 0.2) is 18.2 Å². The number of anilines is 3. The van der Waals surface area contributed by atoms with E-state index in [0.29, 0.717) is 17.4 Å². The molecule has 1 unspecified atom stereocenters. The lowest BCUT2D eigenvalue weighted by atomic mass is 10.2. The summed E-state index contributed by atoms with van der Waals surface area (Å²) in [4.78, 5) is 4.94. The van der Waals surface area contributed by atoms with Crippen molar-refractivity contribution in [3.63, 3.8) is 0 Å². The van der Waals surface area contributed by atoms with Crippen LogP contribution in [0.25, 0.3) is 0 Å². The van der Waals surface area contributed by atoms with E-state index in [1.165, 1.54) is 12.1 Å². The second-order valence-corrected chi connectivity index (χ2v) is 5.35. The van der Waals surface area contributed by atoms with Crippen LogP contribution in [0.2, 0.25) is 0 Å². The summed E-state index contributed by atoms with van der Waals surface area (Å²) in [5.74, 6) is 0. The molecular formula is C14H22N4O. The minimum Gasteiger partial charge on any atom is -0.397 e. The van der Waals surface area contributed by atoms with Crippen molar-refractivity contribution in [3.8, 4) is 0 Å². The molecule has 5 heteroatoms. The number of nitrogens with zero attached hydrogens (tertiary/aromatic N) is 2. The molecule has 2 aliphatic rings. The van der Waals surface area contributed by atoms with Gasteiger partial charge in [0.15, 0.2) is 0 Å². The first kappa shape index (κ1) is 12.6. The van der Waals surface area contributed by atoms with Crippen LogP contribution in [0.5, 0.6) is 0 Å². The molecule has 0 aliphatic carbocycles. The van der Waals surface area contributed by atoms with Crippen molar-refractivity contribution in [3.05, 3.63) is 18.2 Å². The summed E-state index contributed by atoms with van der Waals surface area (Å²) in [5, 5.41) is 0. The smallest absolute Gasteiger partial charge is 0.0594 e. The van der Waals surface area contributed by atoms with E-state index in [4.69, 9.17) is 16.2 Å². The maximum absolute atomic E-state index is 5.89. The molecule has 0 aromatic heterocycles. The van der Waals surface area contributed by atoms with Crippen molar-refractivity contribution < 1.29 is 4.74 Å². The maximum atomic E-state index is 5.89. The predicted octanol–water partition coefficient (Wildman–Crippen LogP) is 0.762. The van der Waals surface area contributed by atoms with Crippen LogP contribution < -0.4 is 16.4 Å². The number of rotatable bonds is 2. The number of morpholine rings is 1. The van der Waals surface area contributed by atoms with Crippen LogP contribution >= 0.6 is 0 Å². The molecule has 5 nitrogen and oxygen atoms in total. The van der Waals surface area contributed by atoms with E-state index in [9.17, 15) is 0 Å². The second kappa shape index (κ2) is 5.27. The summed E-state index contributed by atoms with van der Waals surface area (Å²) >= 11 is 0. The fourth-order valence-corrected chi connectivity index (χ4v) is 2.98. The molecule has 1 aromatic carbocycles. The Labute approximate surface area is 114 Å². The third kappa shape index (κ3) is 2.62. The molecule has 1 atom stereocenters. The zero-order chi connectivity index (χ0) is 13.2. The first-order chi connectivity index (χ1) is 9.24. The van der Waals surface area contributed by atoms with Gasteiger partial charge in [0.2, 0.25) is 0 Å². The van der Waals surface area contributed by atoms with Gasteiger partial charge in [-0.15, -0.1) is 0 Å². The number of benzene rings is 1. The summed E-state index contributed by atoms with van der Waals surface area (Å²) < 4.78 is 5.41. The van der Waals surface area contributed by atoms with E-state index in [1.54, 1.807) is 0 Å². The van der Waals surface area contributed by atoms with Crippen LogP contribution in [-0.4, -0.2) is 50.3 Å². The Balaban J connectivity index is 1.66. The number of nitrogen functional groups attached to an aromatic ring is 2. The minimum atomic E-state index is 0.641. The van der Waals surface area contributed by atoms with Gasteiger partial charge in [0.05, 0.1) is 24.6 Å². The molecule has 3 rings (SSSR count). The van der Waals surface area contributed by atoms with Gasteiger partial charge in [-0.25, -0.2) is 0 Å². The Hall–Kier alpha value is -1.46. The average molecular weight is 262 g/mol. The van der Waals surface area contributed by atoms with Gasteiger partial charge in [-0.1, -0.05) is 0 Å². The lowest BCUT2D eigenvalue weighted by Gasteiger charge is -2.32. The van der Waals surface area contributed by atoms with Crippen molar-refractivity contribution in [1.82, 2.24) is 4.90 Å². The fraction of sp³-hybridized carbons (Fsp3) is 0.571. The average Bonchev–Trinajstić information content (AvgIpc) is 2.93. The van der Waals surface area contributed by atoms with Gasteiger partial charge in [0.1, 0.15) is 0 Å². The summed E-state index contributed by atoms with van der Waals surface area (Å²) in [5.41, 5.74) is 14.2. The lowest BCUT2D eigenvalue weighted by Crippen LogP contribution is -2.44. The Bertz CT molecular complexity index is 445. The van der Waals surface area contributed by atoms with Crippen LogP contribution in [0, 0.1) is 0 Å².